The summed E-state index contributed by atoms with van der Waals surface area (Å²) < 4.78 is 7.40. The molecular weight excluding hydrogens is 470 g/mol. The molecule has 9 heteroatoms. The van der Waals surface area contributed by atoms with Crippen molar-refractivity contribution in [2.45, 2.75) is 5.22 Å². The van der Waals surface area contributed by atoms with Crippen LogP contribution >= 0.6 is 23.4 Å². The Morgan fingerprint density at radius 3 is 2.62 bits per heavy atom. The third-order valence-corrected chi connectivity index (χ3v) is 5.95. The van der Waals surface area contributed by atoms with Crippen LogP contribution in [0.1, 0.15) is 5.56 Å². The van der Waals surface area contributed by atoms with Crippen molar-refractivity contribution in [2.75, 3.05) is 5.75 Å². The van der Waals surface area contributed by atoms with E-state index in [2.05, 4.69) is 15.5 Å². The number of hydrazone groups is 1. The predicted molar refractivity (Wildman–Crippen MR) is 134 cm³/mol. The Morgan fingerprint density at radius 2 is 1.82 bits per heavy atom. The molecular formula is C25H18ClN5O2S. The van der Waals surface area contributed by atoms with Gasteiger partial charge in [-0.2, -0.15) is 10.2 Å². The zero-order chi connectivity index (χ0) is 23.3. The van der Waals surface area contributed by atoms with Crippen molar-refractivity contribution in [3.8, 4) is 16.9 Å². The fraction of sp³-hybridized carbons (Fsp3) is 0.0400. The average molecular weight is 488 g/mol. The molecule has 7 nitrogen and oxygen atoms in total. The quantitative estimate of drug-likeness (QED) is 0.184. The summed E-state index contributed by atoms with van der Waals surface area (Å²) in [5.41, 5.74) is 7.27. The standard InChI is InChI=1S/C25H18ClN5O2S/c26-19-12-10-17(11-13-19)24-18(15-31(30-24)20-6-2-1-3-7-20)14-27-29-23(32)16-34-25-28-21-8-4-5-9-22(21)33-25/h1-15H,16H2,(H,29,32)/b27-14+. The summed E-state index contributed by atoms with van der Waals surface area (Å²) in [4.78, 5) is 16.6. The van der Waals surface area contributed by atoms with Crippen molar-refractivity contribution in [3.05, 3.63) is 95.6 Å². The van der Waals surface area contributed by atoms with Crippen LogP contribution in [0.2, 0.25) is 5.02 Å². The Bertz CT molecular complexity index is 1430. The van der Waals surface area contributed by atoms with Crippen LogP contribution in [-0.2, 0) is 4.79 Å². The number of amides is 1. The first kappa shape index (κ1) is 21.9. The van der Waals surface area contributed by atoms with Gasteiger partial charge in [-0.1, -0.05) is 65.8 Å². The van der Waals surface area contributed by atoms with Crippen LogP contribution < -0.4 is 5.43 Å². The number of para-hydroxylation sites is 3. The molecule has 0 spiro atoms. The summed E-state index contributed by atoms with van der Waals surface area (Å²) in [6.45, 7) is 0. The lowest BCUT2D eigenvalue weighted by atomic mass is 10.1. The highest BCUT2D eigenvalue weighted by molar-refractivity contribution is 7.99. The molecule has 0 aliphatic heterocycles. The number of halogens is 1. The van der Waals surface area contributed by atoms with Crippen LogP contribution in [0.5, 0.6) is 0 Å². The number of fused-ring (bicyclic) bond motifs is 1. The molecule has 0 saturated carbocycles. The van der Waals surface area contributed by atoms with E-state index >= 15 is 0 Å². The van der Waals surface area contributed by atoms with Crippen molar-refractivity contribution in [1.29, 1.82) is 0 Å². The second-order valence-corrected chi connectivity index (χ2v) is 8.61. The molecule has 2 aromatic heterocycles. The van der Waals surface area contributed by atoms with Crippen LogP contribution in [0, 0.1) is 0 Å². The number of hydrogen-bond acceptors (Lipinski definition) is 6. The van der Waals surface area contributed by atoms with Gasteiger partial charge in [-0.3, -0.25) is 4.79 Å². The Hall–Kier alpha value is -3.88. The van der Waals surface area contributed by atoms with Crippen molar-refractivity contribution < 1.29 is 9.21 Å². The number of nitrogens with zero attached hydrogens (tertiary/aromatic N) is 4. The second-order valence-electron chi connectivity index (χ2n) is 7.25. The van der Waals surface area contributed by atoms with E-state index in [4.69, 9.17) is 21.1 Å². The van der Waals surface area contributed by atoms with Gasteiger partial charge in [0.15, 0.2) is 5.58 Å². The zero-order valence-electron chi connectivity index (χ0n) is 17.8. The van der Waals surface area contributed by atoms with Gasteiger partial charge >= 0.3 is 0 Å². The minimum Gasteiger partial charge on any atom is -0.431 e. The minimum atomic E-state index is -0.271. The van der Waals surface area contributed by atoms with E-state index in [0.29, 0.717) is 15.8 Å². The summed E-state index contributed by atoms with van der Waals surface area (Å²) in [5.74, 6) is -0.149. The van der Waals surface area contributed by atoms with E-state index in [0.717, 1.165) is 28.0 Å². The fourth-order valence-electron chi connectivity index (χ4n) is 3.27. The third kappa shape index (κ3) is 5.03. The number of hydrogen-bond donors (Lipinski definition) is 1. The third-order valence-electron chi connectivity index (χ3n) is 4.87. The lowest BCUT2D eigenvalue weighted by molar-refractivity contribution is -0.118. The fourth-order valence-corrected chi connectivity index (χ4v) is 4.03. The monoisotopic (exact) mass is 487 g/mol. The van der Waals surface area contributed by atoms with E-state index in [-0.39, 0.29) is 11.7 Å². The molecule has 1 N–H and O–H groups in total. The van der Waals surface area contributed by atoms with Crippen molar-refractivity contribution >= 4 is 46.6 Å². The van der Waals surface area contributed by atoms with E-state index in [9.17, 15) is 4.79 Å². The van der Waals surface area contributed by atoms with Crippen LogP contribution in [0.4, 0.5) is 0 Å². The predicted octanol–water partition coefficient (Wildman–Crippen LogP) is 5.58. The van der Waals surface area contributed by atoms with Crippen molar-refractivity contribution in [2.24, 2.45) is 5.10 Å². The van der Waals surface area contributed by atoms with E-state index in [1.807, 2.05) is 85.1 Å². The summed E-state index contributed by atoms with van der Waals surface area (Å²) in [6.07, 6.45) is 3.44. The normalized spacial score (nSPS) is 11.3. The topological polar surface area (TPSA) is 85.3 Å². The molecule has 1 amide bonds. The molecule has 3 aromatic carbocycles. The van der Waals surface area contributed by atoms with E-state index in [1.54, 1.807) is 10.9 Å². The maximum absolute atomic E-state index is 12.3. The van der Waals surface area contributed by atoms with E-state index in [1.165, 1.54) is 11.8 Å². The van der Waals surface area contributed by atoms with Gasteiger partial charge in [0.1, 0.15) is 11.2 Å². The molecule has 0 bridgehead atoms. The summed E-state index contributed by atoms with van der Waals surface area (Å²) in [7, 11) is 0. The Balaban J connectivity index is 1.30. The van der Waals surface area contributed by atoms with Gasteiger partial charge in [0.2, 0.25) is 0 Å². The SMILES string of the molecule is O=C(CSc1nc2ccccc2o1)N/N=C/c1cn(-c2ccccc2)nc1-c1ccc(Cl)cc1. The van der Waals surface area contributed by atoms with Gasteiger partial charge in [0, 0.05) is 22.3 Å². The Morgan fingerprint density at radius 1 is 1.06 bits per heavy atom. The molecule has 168 valence electrons. The van der Waals surface area contributed by atoms with Gasteiger partial charge in [-0.15, -0.1) is 0 Å². The number of oxazole rings is 1. The number of carbonyl (C=O) groups excluding carboxylic acids is 1. The first-order chi connectivity index (χ1) is 16.7. The lowest BCUT2D eigenvalue weighted by Crippen LogP contribution is -2.19. The first-order valence-corrected chi connectivity index (χ1v) is 11.7. The Kier molecular flexibility index (Phi) is 6.42. The number of carbonyl (C=O) groups is 1. The molecule has 2 heterocycles. The maximum Gasteiger partial charge on any atom is 0.257 e. The molecule has 0 saturated heterocycles. The molecule has 0 fully saturated rings. The van der Waals surface area contributed by atoms with Gasteiger partial charge in [-0.05, 0) is 36.4 Å². The highest BCUT2D eigenvalue weighted by Gasteiger charge is 2.12. The van der Waals surface area contributed by atoms with Crippen LogP contribution in [0.3, 0.4) is 0 Å². The van der Waals surface area contributed by atoms with Gasteiger partial charge in [-0.25, -0.2) is 15.1 Å². The molecule has 0 radical (unpaired) electrons. The minimum absolute atomic E-state index is 0.123. The Labute approximate surface area is 204 Å². The average Bonchev–Trinajstić information content (AvgIpc) is 3.48. The van der Waals surface area contributed by atoms with Gasteiger partial charge in [0.25, 0.3) is 11.1 Å². The van der Waals surface area contributed by atoms with Crippen LogP contribution in [-0.4, -0.2) is 32.6 Å². The number of aromatic nitrogens is 3. The second kappa shape index (κ2) is 9.94. The summed E-state index contributed by atoms with van der Waals surface area (Å²) in [5, 5.41) is 9.94. The summed E-state index contributed by atoms with van der Waals surface area (Å²) >= 11 is 7.25. The van der Waals surface area contributed by atoms with E-state index < -0.39 is 0 Å². The van der Waals surface area contributed by atoms with Crippen molar-refractivity contribution in [3.63, 3.8) is 0 Å². The van der Waals surface area contributed by atoms with Crippen molar-refractivity contribution in [1.82, 2.24) is 20.2 Å². The molecule has 0 aliphatic carbocycles. The molecule has 5 rings (SSSR count). The van der Waals surface area contributed by atoms with Gasteiger partial charge < -0.3 is 4.42 Å². The van der Waals surface area contributed by atoms with Gasteiger partial charge in [0.05, 0.1) is 17.7 Å². The largest absolute Gasteiger partial charge is 0.431 e. The van der Waals surface area contributed by atoms with Crippen LogP contribution in [0.25, 0.3) is 28.0 Å². The first-order valence-electron chi connectivity index (χ1n) is 10.4. The molecule has 34 heavy (non-hydrogen) atoms. The van der Waals surface area contributed by atoms with Crippen LogP contribution in [0.15, 0.2) is 99.8 Å². The smallest absolute Gasteiger partial charge is 0.257 e. The highest BCUT2D eigenvalue weighted by Crippen LogP contribution is 2.25. The highest BCUT2D eigenvalue weighted by atomic mass is 35.5. The number of thioether (sulfide) groups is 1. The lowest BCUT2D eigenvalue weighted by Gasteiger charge is -2.01. The number of nitrogens with one attached hydrogen (secondary N) is 1. The number of benzene rings is 3. The molecule has 0 atom stereocenters. The molecule has 5 aromatic rings. The molecule has 0 unspecified atom stereocenters. The summed E-state index contributed by atoms with van der Waals surface area (Å²) in [6, 6.07) is 24.6. The molecule has 0 aliphatic rings. The number of rotatable bonds is 7. The zero-order valence-corrected chi connectivity index (χ0v) is 19.3. The maximum atomic E-state index is 12.3.